The average Bonchev–Trinajstić information content (AvgIpc) is 0.722. The Bertz CT molecular complexity index is 24.3. The molecule has 0 bridgehead atoms. The molecule has 0 unspecified atom stereocenters. The maximum absolute atomic E-state index is 3.52. The molecule has 0 atom stereocenters. The molecule has 0 aromatic heterocycles. The van der Waals surface area contributed by atoms with Crippen LogP contribution in [0.4, 0.5) is 0 Å². The molecule has 0 saturated carbocycles. The van der Waals surface area contributed by atoms with Crippen molar-refractivity contribution >= 4 is 47.8 Å². The predicted octanol–water partition coefficient (Wildman–Crippen LogP) is 2.66. The van der Waals surface area contributed by atoms with Gasteiger partial charge in [-0.05, 0) is 6.92 Å². The first-order chi connectivity index (χ1) is 2.00. The summed E-state index contributed by atoms with van der Waals surface area (Å²) in [5.74, 6) is 0. The molecule has 1 radical (unpaired) electrons. The summed E-state index contributed by atoms with van der Waals surface area (Å²) in [6.07, 6.45) is 0. The van der Waals surface area contributed by atoms with Crippen molar-refractivity contribution in [3.8, 4) is 0 Å². The molecule has 0 aliphatic carbocycles. The molecule has 0 fully saturated rings. The van der Waals surface area contributed by atoms with E-state index in [0.717, 1.165) is 0 Å². The predicted molar refractivity (Wildman–Crippen MR) is 34.9 cm³/mol. The maximum atomic E-state index is 3.52. The minimum absolute atomic E-state index is 0. The average molecular weight is 314 g/mol. The Balaban J connectivity index is 0. The van der Waals surface area contributed by atoms with Crippen molar-refractivity contribution < 1.29 is 21.7 Å². The monoisotopic (exact) mass is 311 g/mol. The number of rotatable bonds is 0. The van der Waals surface area contributed by atoms with Crippen molar-refractivity contribution in [2.75, 3.05) is 0 Å². The molecular weight excluding hydrogens is 312 g/mol. The summed E-state index contributed by atoms with van der Waals surface area (Å²) >= 11 is 9.29. The normalized spacial score (nSPS) is 10.0. The van der Waals surface area contributed by atoms with E-state index in [0.29, 0.717) is 0 Å². The maximum Gasteiger partial charge on any atom is 0.135 e. The van der Waals surface area contributed by atoms with Gasteiger partial charge in [-0.3, -0.25) is 0 Å². The largest absolute Gasteiger partial charge is 0.135 e. The summed E-state index contributed by atoms with van der Waals surface area (Å²) < 4.78 is -0.312. The first-order valence-corrected chi connectivity index (χ1v) is 3.30. The van der Waals surface area contributed by atoms with Crippen molar-refractivity contribution in [1.82, 2.24) is 0 Å². The standard InChI is InChI=1S/C2H2Br3.Ti/c1-2(3,4)5;/h1H2;. The molecule has 6 heavy (non-hydrogen) atoms. The van der Waals surface area contributed by atoms with Crippen LogP contribution in [0.3, 0.4) is 0 Å². The van der Waals surface area contributed by atoms with Crippen molar-refractivity contribution in [2.24, 2.45) is 0 Å². The van der Waals surface area contributed by atoms with E-state index in [4.69, 9.17) is 0 Å². The van der Waals surface area contributed by atoms with Gasteiger partial charge in [0.2, 0.25) is 0 Å². The van der Waals surface area contributed by atoms with Gasteiger partial charge >= 0.3 is 0 Å². The molecule has 35 valence electrons. The van der Waals surface area contributed by atoms with E-state index in [9.17, 15) is 0 Å². The minimum Gasteiger partial charge on any atom is -0.0599 e. The van der Waals surface area contributed by atoms with Crippen LogP contribution in [0.5, 0.6) is 0 Å². The molecule has 0 spiro atoms. The number of hydrogen-bond donors (Lipinski definition) is 0. The first-order valence-electron chi connectivity index (χ1n) is 0.921. The molecule has 0 aromatic rings. The third-order valence-corrected chi connectivity index (χ3v) is 0. The molecule has 0 aliphatic heterocycles. The van der Waals surface area contributed by atoms with Crippen molar-refractivity contribution in [2.45, 2.75) is 2.14 Å². The molecule has 0 aromatic carbocycles. The third kappa shape index (κ3) is 35.2. The Morgan fingerprint density at radius 2 is 1.17 bits per heavy atom. The smallest absolute Gasteiger partial charge is 0.0599 e. The molecule has 0 amide bonds. The van der Waals surface area contributed by atoms with E-state index in [-0.39, 0.29) is 23.9 Å². The Kier molecular flexibility index (Phi) is 7.48. The van der Waals surface area contributed by atoms with Gasteiger partial charge in [0, 0.05) is 21.7 Å². The van der Waals surface area contributed by atoms with Crippen molar-refractivity contribution in [1.29, 1.82) is 0 Å². The van der Waals surface area contributed by atoms with Gasteiger partial charge in [0.25, 0.3) is 0 Å². The second-order valence-electron chi connectivity index (χ2n) is 0.615. The Labute approximate surface area is 77.7 Å². The zero-order valence-electron chi connectivity index (χ0n) is 2.84. The Morgan fingerprint density at radius 1 is 1.17 bits per heavy atom. The van der Waals surface area contributed by atoms with Crippen molar-refractivity contribution in [3.05, 3.63) is 6.92 Å². The van der Waals surface area contributed by atoms with Crippen LogP contribution in [-0.4, -0.2) is 2.14 Å². The first kappa shape index (κ1) is 11.0. The van der Waals surface area contributed by atoms with Crippen LogP contribution in [0.25, 0.3) is 0 Å². The Hall–Kier alpha value is 2.15. The third-order valence-electron chi connectivity index (χ3n) is 0. The Morgan fingerprint density at radius 3 is 1.17 bits per heavy atom. The number of hydrogen-bond acceptors (Lipinski definition) is 0. The van der Waals surface area contributed by atoms with E-state index < -0.39 is 0 Å². The quantitative estimate of drug-likeness (QED) is 0.476. The van der Waals surface area contributed by atoms with Crippen LogP contribution < -0.4 is 0 Å². The summed E-state index contributed by atoms with van der Waals surface area (Å²) in [5, 5.41) is 0. The molecule has 0 rings (SSSR count). The summed E-state index contributed by atoms with van der Waals surface area (Å²) in [4.78, 5) is 0. The van der Waals surface area contributed by atoms with E-state index in [1.165, 1.54) is 0 Å². The zero-order valence-corrected chi connectivity index (χ0v) is 9.16. The summed E-state index contributed by atoms with van der Waals surface area (Å²) in [5.41, 5.74) is 0. The van der Waals surface area contributed by atoms with Gasteiger partial charge in [0.15, 0.2) is 0 Å². The molecule has 0 nitrogen and oxygen atoms in total. The topological polar surface area (TPSA) is 0 Å². The van der Waals surface area contributed by atoms with E-state index >= 15 is 0 Å². The molecule has 0 heterocycles. The zero-order chi connectivity index (χ0) is 4.50. The van der Waals surface area contributed by atoms with Crippen LogP contribution in [0.15, 0.2) is 0 Å². The SMILES string of the molecule is [CH2]C(Br)(Br)Br.[Ti]. The van der Waals surface area contributed by atoms with Gasteiger partial charge < -0.3 is 0 Å². The van der Waals surface area contributed by atoms with Gasteiger partial charge in [0.1, 0.15) is 2.14 Å². The van der Waals surface area contributed by atoms with E-state index in [1.54, 1.807) is 0 Å². The number of alkyl halides is 3. The van der Waals surface area contributed by atoms with Crippen LogP contribution in [-0.2, 0) is 21.7 Å². The summed E-state index contributed by atoms with van der Waals surface area (Å²) in [7, 11) is 0. The van der Waals surface area contributed by atoms with Crippen LogP contribution in [0.1, 0.15) is 0 Å². The second kappa shape index (κ2) is 4.08. The second-order valence-corrected chi connectivity index (χ2v) is 7.87. The summed E-state index contributed by atoms with van der Waals surface area (Å²) in [6.45, 7) is 3.52. The van der Waals surface area contributed by atoms with E-state index in [2.05, 4.69) is 54.7 Å². The molecule has 4 heteroatoms. The van der Waals surface area contributed by atoms with Gasteiger partial charge in [0.05, 0.1) is 0 Å². The molecule has 0 aliphatic rings. The molecule has 0 N–H and O–H groups in total. The van der Waals surface area contributed by atoms with Crippen LogP contribution in [0, 0.1) is 6.92 Å². The van der Waals surface area contributed by atoms with Gasteiger partial charge in [-0.25, -0.2) is 0 Å². The van der Waals surface area contributed by atoms with E-state index in [1.807, 2.05) is 0 Å². The number of halogens is 3. The fourth-order valence-electron chi connectivity index (χ4n) is 0. The molecular formula is C2H2Br3Ti. The fraction of sp³-hybridized carbons (Fsp3) is 0.500. The van der Waals surface area contributed by atoms with Crippen LogP contribution >= 0.6 is 47.8 Å². The summed E-state index contributed by atoms with van der Waals surface area (Å²) in [6, 6.07) is 0. The van der Waals surface area contributed by atoms with Gasteiger partial charge in [-0.1, -0.05) is 47.8 Å². The van der Waals surface area contributed by atoms with Crippen LogP contribution in [0.2, 0.25) is 0 Å². The van der Waals surface area contributed by atoms with Gasteiger partial charge in [-0.15, -0.1) is 0 Å². The minimum atomic E-state index is -0.312. The fourth-order valence-corrected chi connectivity index (χ4v) is 0. The molecule has 0 saturated heterocycles. The van der Waals surface area contributed by atoms with Gasteiger partial charge in [-0.2, -0.15) is 0 Å². The van der Waals surface area contributed by atoms with Crippen molar-refractivity contribution in [3.63, 3.8) is 0 Å².